The van der Waals surface area contributed by atoms with Gasteiger partial charge in [-0.15, -0.1) is 0 Å². The number of nitrogens with zero attached hydrogens (tertiary/aromatic N) is 2. The molecule has 132 valence electrons. The number of carbonyl (C=O) groups is 1. The van der Waals surface area contributed by atoms with Crippen LogP contribution < -0.4 is 0 Å². The predicted molar refractivity (Wildman–Crippen MR) is 99.3 cm³/mol. The average Bonchev–Trinajstić information content (AvgIpc) is 3.14. The molecule has 2 N–H and O–H groups in total. The predicted octanol–water partition coefficient (Wildman–Crippen LogP) is 3.60. The van der Waals surface area contributed by atoms with Crippen LogP contribution in [0.1, 0.15) is 46.7 Å². The fraction of sp³-hybridized carbons (Fsp3) is 0.333. The number of aryl methyl sites for hydroxylation is 1. The molecule has 1 amide bonds. The van der Waals surface area contributed by atoms with Gasteiger partial charge in [0.1, 0.15) is 5.75 Å². The summed E-state index contributed by atoms with van der Waals surface area (Å²) in [7, 11) is 0. The third kappa shape index (κ3) is 2.30. The van der Waals surface area contributed by atoms with E-state index in [1.807, 2.05) is 29.2 Å². The topological polar surface area (TPSA) is 69.2 Å². The number of phenolic OH excluding ortho intramolecular Hbond substituents is 1. The van der Waals surface area contributed by atoms with Crippen molar-refractivity contribution in [3.8, 4) is 5.75 Å². The minimum atomic E-state index is 0.0788. The van der Waals surface area contributed by atoms with Gasteiger partial charge in [0.25, 0.3) is 5.91 Å². The monoisotopic (exact) mass is 347 g/mol. The van der Waals surface area contributed by atoms with Crippen LogP contribution in [0, 0.1) is 0 Å². The van der Waals surface area contributed by atoms with Gasteiger partial charge in [0.05, 0.1) is 17.4 Å². The van der Waals surface area contributed by atoms with E-state index < -0.39 is 0 Å². The number of hydrogen-bond acceptors (Lipinski definition) is 3. The van der Waals surface area contributed by atoms with E-state index in [2.05, 4.69) is 16.0 Å². The maximum Gasteiger partial charge on any atom is 0.254 e. The fourth-order valence-electron chi connectivity index (χ4n) is 4.79. The average molecular weight is 347 g/mol. The maximum atomic E-state index is 13.2. The molecule has 5 rings (SSSR count). The first-order valence-corrected chi connectivity index (χ1v) is 9.27. The van der Waals surface area contributed by atoms with Gasteiger partial charge in [0.2, 0.25) is 0 Å². The van der Waals surface area contributed by atoms with Gasteiger partial charge in [-0.2, -0.15) is 0 Å². The van der Waals surface area contributed by atoms with E-state index >= 15 is 0 Å². The van der Waals surface area contributed by atoms with Crippen LogP contribution in [-0.2, 0) is 6.42 Å². The van der Waals surface area contributed by atoms with Crippen LogP contribution in [0.25, 0.3) is 11.0 Å². The maximum absolute atomic E-state index is 13.2. The molecule has 0 saturated carbocycles. The molecule has 5 nitrogen and oxygen atoms in total. The zero-order chi connectivity index (χ0) is 17.7. The van der Waals surface area contributed by atoms with Gasteiger partial charge in [0.15, 0.2) is 0 Å². The van der Waals surface area contributed by atoms with E-state index in [4.69, 9.17) is 0 Å². The third-order valence-corrected chi connectivity index (χ3v) is 5.96. The van der Waals surface area contributed by atoms with Crippen molar-refractivity contribution in [3.05, 3.63) is 59.4 Å². The summed E-state index contributed by atoms with van der Waals surface area (Å²) in [6.45, 7) is 0.782. The second-order valence-corrected chi connectivity index (χ2v) is 7.34. The number of piperidine rings is 1. The first-order valence-electron chi connectivity index (χ1n) is 9.27. The highest BCUT2D eigenvalue weighted by Crippen LogP contribution is 2.44. The van der Waals surface area contributed by atoms with E-state index in [1.54, 1.807) is 12.4 Å². The second kappa shape index (κ2) is 5.87. The SMILES string of the molecule is O=C(c1ccc2nc[nH]c2c1)N1CCC[C@@H]2c3c(O)cccc3CC[C@@H]21. The molecule has 1 fully saturated rings. The highest BCUT2D eigenvalue weighted by atomic mass is 16.3. The van der Waals surface area contributed by atoms with Gasteiger partial charge in [-0.25, -0.2) is 4.98 Å². The molecule has 1 saturated heterocycles. The molecule has 0 radical (unpaired) electrons. The molecule has 1 aromatic heterocycles. The number of rotatable bonds is 1. The third-order valence-electron chi connectivity index (χ3n) is 5.96. The molecule has 1 aliphatic carbocycles. The van der Waals surface area contributed by atoms with E-state index in [1.165, 1.54) is 5.56 Å². The number of aromatic nitrogens is 2. The van der Waals surface area contributed by atoms with Gasteiger partial charge in [0, 0.05) is 29.6 Å². The number of fused-ring (bicyclic) bond motifs is 4. The molecule has 2 aliphatic rings. The van der Waals surface area contributed by atoms with E-state index in [0.29, 0.717) is 11.3 Å². The normalized spacial score (nSPS) is 22.1. The van der Waals surface area contributed by atoms with Crippen molar-refractivity contribution in [1.82, 2.24) is 14.9 Å². The Morgan fingerprint density at radius 3 is 3.08 bits per heavy atom. The minimum Gasteiger partial charge on any atom is -0.508 e. The smallest absolute Gasteiger partial charge is 0.254 e. The summed E-state index contributed by atoms with van der Waals surface area (Å²) >= 11 is 0. The largest absolute Gasteiger partial charge is 0.508 e. The van der Waals surface area contributed by atoms with Crippen LogP contribution in [0.4, 0.5) is 0 Å². The van der Waals surface area contributed by atoms with Crippen molar-refractivity contribution in [2.75, 3.05) is 6.54 Å². The van der Waals surface area contributed by atoms with Crippen molar-refractivity contribution >= 4 is 16.9 Å². The van der Waals surface area contributed by atoms with Gasteiger partial charge in [-0.05, 0) is 55.5 Å². The molecule has 2 atom stereocenters. The minimum absolute atomic E-state index is 0.0788. The lowest BCUT2D eigenvalue weighted by molar-refractivity contribution is 0.0544. The molecule has 0 bridgehead atoms. The number of imidazole rings is 1. The summed E-state index contributed by atoms with van der Waals surface area (Å²) in [5.41, 5.74) is 4.75. The molecular weight excluding hydrogens is 326 g/mol. The Bertz CT molecular complexity index is 994. The number of benzene rings is 2. The highest BCUT2D eigenvalue weighted by Gasteiger charge is 2.39. The first kappa shape index (κ1) is 15.4. The van der Waals surface area contributed by atoms with Crippen molar-refractivity contribution in [2.24, 2.45) is 0 Å². The van der Waals surface area contributed by atoms with Gasteiger partial charge < -0.3 is 15.0 Å². The van der Waals surface area contributed by atoms with E-state index in [9.17, 15) is 9.90 Å². The summed E-state index contributed by atoms with van der Waals surface area (Å²) < 4.78 is 0. The molecule has 2 heterocycles. The lowest BCUT2D eigenvalue weighted by atomic mass is 9.73. The Morgan fingerprint density at radius 2 is 2.15 bits per heavy atom. The summed E-state index contributed by atoms with van der Waals surface area (Å²) in [6.07, 6.45) is 5.51. The molecule has 0 unspecified atom stereocenters. The van der Waals surface area contributed by atoms with Gasteiger partial charge in [-0.1, -0.05) is 12.1 Å². The Hall–Kier alpha value is -2.82. The second-order valence-electron chi connectivity index (χ2n) is 7.34. The molecule has 0 spiro atoms. The summed E-state index contributed by atoms with van der Waals surface area (Å²) in [5, 5.41) is 10.4. The van der Waals surface area contributed by atoms with Crippen molar-refractivity contribution in [3.63, 3.8) is 0 Å². The Kier molecular flexibility index (Phi) is 3.48. The quantitative estimate of drug-likeness (QED) is 0.707. The number of aromatic hydroxyl groups is 1. The van der Waals surface area contributed by atoms with Gasteiger partial charge in [-0.3, -0.25) is 4.79 Å². The molecule has 3 aromatic rings. The van der Waals surface area contributed by atoms with Crippen LogP contribution in [0.15, 0.2) is 42.7 Å². The lowest BCUT2D eigenvalue weighted by Gasteiger charge is -2.45. The first-order chi connectivity index (χ1) is 12.7. The Morgan fingerprint density at radius 1 is 1.23 bits per heavy atom. The molecule has 26 heavy (non-hydrogen) atoms. The highest BCUT2D eigenvalue weighted by molar-refractivity contribution is 5.97. The van der Waals surface area contributed by atoms with Crippen LogP contribution in [0.2, 0.25) is 0 Å². The van der Waals surface area contributed by atoms with Crippen LogP contribution in [-0.4, -0.2) is 38.5 Å². The number of aromatic amines is 1. The molecule has 2 aromatic carbocycles. The van der Waals surface area contributed by atoms with E-state index in [-0.39, 0.29) is 17.9 Å². The standard InChI is InChI=1S/C21H21N3O2/c25-19-5-1-3-13-7-9-18-15(20(13)19)4-2-10-24(18)21(26)14-6-8-16-17(11-14)23-12-22-16/h1,3,5-6,8,11-12,15,18,25H,2,4,7,9-10H2,(H,22,23)/t15-,18-/m0/s1. The fourth-order valence-corrected chi connectivity index (χ4v) is 4.79. The summed E-state index contributed by atoms with van der Waals surface area (Å²) in [4.78, 5) is 22.6. The van der Waals surface area contributed by atoms with E-state index in [0.717, 1.165) is 48.8 Å². The zero-order valence-electron chi connectivity index (χ0n) is 14.5. The van der Waals surface area contributed by atoms with Crippen molar-refractivity contribution in [1.29, 1.82) is 0 Å². The van der Waals surface area contributed by atoms with Crippen LogP contribution >= 0.6 is 0 Å². The molecule has 1 aliphatic heterocycles. The number of H-pyrrole nitrogens is 1. The molecular formula is C21H21N3O2. The summed E-state index contributed by atoms with van der Waals surface area (Å²) in [5.74, 6) is 0.689. The number of nitrogens with one attached hydrogen (secondary N) is 1. The lowest BCUT2D eigenvalue weighted by Crippen LogP contribution is -2.49. The number of phenols is 1. The Balaban J connectivity index is 1.50. The van der Waals surface area contributed by atoms with Gasteiger partial charge >= 0.3 is 0 Å². The van der Waals surface area contributed by atoms with Crippen LogP contribution in [0.5, 0.6) is 5.75 Å². The number of amides is 1. The van der Waals surface area contributed by atoms with Crippen molar-refractivity contribution in [2.45, 2.75) is 37.6 Å². The van der Waals surface area contributed by atoms with Crippen molar-refractivity contribution < 1.29 is 9.90 Å². The van der Waals surface area contributed by atoms with Crippen LogP contribution in [0.3, 0.4) is 0 Å². The summed E-state index contributed by atoms with van der Waals surface area (Å²) in [6, 6.07) is 11.6. The zero-order valence-corrected chi connectivity index (χ0v) is 14.5. The number of likely N-dealkylation sites (tertiary alicyclic amines) is 1. The number of carbonyl (C=O) groups excluding carboxylic acids is 1. The molecule has 5 heteroatoms. The Labute approximate surface area is 151 Å². The number of hydrogen-bond donors (Lipinski definition) is 2.